The van der Waals surface area contributed by atoms with Gasteiger partial charge in [0.1, 0.15) is 0 Å². The van der Waals surface area contributed by atoms with Crippen molar-refractivity contribution in [2.24, 2.45) is 34.5 Å². The molecule has 0 radical (unpaired) electrons. The third-order valence-corrected chi connectivity index (χ3v) is 8.86. The molecule has 4 aliphatic rings. The maximum absolute atomic E-state index is 12.1. The highest BCUT2D eigenvalue weighted by atomic mass is 16.2. The molecule has 1 saturated heterocycles. The summed E-state index contributed by atoms with van der Waals surface area (Å²) in [4.78, 5) is 23.7. The average molecular weight is 347 g/mol. The van der Waals surface area contributed by atoms with Gasteiger partial charge in [-0.05, 0) is 79.4 Å². The van der Waals surface area contributed by atoms with Gasteiger partial charge >= 0.3 is 0 Å². The first-order chi connectivity index (χ1) is 11.8. The minimum absolute atomic E-state index is 0.123. The maximum Gasteiger partial charge on any atom is 0.220 e. The molecule has 140 valence electrons. The second-order valence-corrected chi connectivity index (χ2v) is 9.84. The normalized spacial score (nSPS) is 49.2. The van der Waals surface area contributed by atoms with E-state index < -0.39 is 0 Å². The van der Waals surface area contributed by atoms with E-state index in [-0.39, 0.29) is 17.2 Å². The Morgan fingerprint density at radius 2 is 1.80 bits per heavy atom. The van der Waals surface area contributed by atoms with Crippen molar-refractivity contribution in [1.82, 2.24) is 10.6 Å². The predicted molar refractivity (Wildman–Crippen MR) is 97.7 cm³/mol. The van der Waals surface area contributed by atoms with E-state index in [9.17, 15) is 9.59 Å². The Bertz CT molecular complexity index is 576. The third kappa shape index (κ3) is 2.62. The summed E-state index contributed by atoms with van der Waals surface area (Å²) in [6.07, 6.45) is 9.28. The zero-order valence-corrected chi connectivity index (χ0v) is 16.1. The van der Waals surface area contributed by atoms with Gasteiger partial charge in [-0.15, -0.1) is 0 Å². The van der Waals surface area contributed by atoms with Crippen LogP contribution in [0.4, 0.5) is 0 Å². The number of rotatable bonds is 1. The summed E-state index contributed by atoms with van der Waals surface area (Å²) in [5.74, 6) is 3.23. The number of amides is 2. The van der Waals surface area contributed by atoms with Gasteiger partial charge in [0, 0.05) is 25.9 Å². The van der Waals surface area contributed by atoms with E-state index >= 15 is 0 Å². The first-order valence-electron chi connectivity index (χ1n) is 10.4. The summed E-state index contributed by atoms with van der Waals surface area (Å²) in [5.41, 5.74) is 0.588. The van der Waals surface area contributed by atoms with Gasteiger partial charge in [0.15, 0.2) is 0 Å². The summed E-state index contributed by atoms with van der Waals surface area (Å²) < 4.78 is 0. The first-order valence-corrected chi connectivity index (χ1v) is 10.4. The zero-order valence-electron chi connectivity index (χ0n) is 16.1. The predicted octanol–water partition coefficient (Wildman–Crippen LogP) is 3.26. The van der Waals surface area contributed by atoms with Crippen LogP contribution in [0, 0.1) is 34.5 Å². The molecular formula is C21H34N2O2. The molecule has 1 heterocycles. The topological polar surface area (TPSA) is 58.2 Å². The molecule has 0 aromatic rings. The van der Waals surface area contributed by atoms with Crippen LogP contribution in [0.1, 0.15) is 72.1 Å². The van der Waals surface area contributed by atoms with Crippen molar-refractivity contribution in [2.45, 2.75) is 78.2 Å². The quantitative estimate of drug-likeness (QED) is 0.766. The lowest BCUT2D eigenvalue weighted by atomic mass is 9.46. The van der Waals surface area contributed by atoms with Crippen LogP contribution in [-0.2, 0) is 9.59 Å². The Hall–Kier alpha value is -1.06. The highest BCUT2D eigenvalue weighted by Crippen LogP contribution is 2.65. The van der Waals surface area contributed by atoms with Crippen molar-refractivity contribution in [3.63, 3.8) is 0 Å². The summed E-state index contributed by atoms with van der Waals surface area (Å²) in [6.45, 7) is 7.43. The minimum atomic E-state index is 0.123. The van der Waals surface area contributed by atoms with Crippen LogP contribution >= 0.6 is 0 Å². The zero-order chi connectivity index (χ0) is 17.8. The molecule has 1 aliphatic heterocycles. The van der Waals surface area contributed by atoms with E-state index in [2.05, 4.69) is 24.5 Å². The third-order valence-electron chi connectivity index (χ3n) is 8.86. The molecule has 0 spiro atoms. The molecule has 3 saturated carbocycles. The Morgan fingerprint density at radius 3 is 2.56 bits per heavy atom. The van der Waals surface area contributed by atoms with Crippen LogP contribution in [0.5, 0.6) is 0 Å². The van der Waals surface area contributed by atoms with Gasteiger partial charge in [0.2, 0.25) is 11.8 Å². The number of hydrogen-bond acceptors (Lipinski definition) is 2. The van der Waals surface area contributed by atoms with Crippen LogP contribution in [-0.4, -0.2) is 24.4 Å². The van der Waals surface area contributed by atoms with E-state index in [0.29, 0.717) is 17.4 Å². The number of hydrogen-bond donors (Lipinski definition) is 2. The molecular weight excluding hydrogens is 312 g/mol. The number of carbonyl (C=O) groups is 2. The second-order valence-electron chi connectivity index (χ2n) is 9.84. The Morgan fingerprint density at radius 1 is 1.04 bits per heavy atom. The number of carbonyl (C=O) groups excluding carboxylic acids is 2. The van der Waals surface area contributed by atoms with Crippen molar-refractivity contribution in [3.05, 3.63) is 0 Å². The van der Waals surface area contributed by atoms with E-state index in [4.69, 9.17) is 0 Å². The van der Waals surface area contributed by atoms with E-state index in [1.165, 1.54) is 32.1 Å². The van der Waals surface area contributed by atoms with Gasteiger partial charge in [0.25, 0.3) is 0 Å². The fourth-order valence-electron chi connectivity index (χ4n) is 7.51. The Labute approximate surface area is 151 Å². The molecule has 2 amide bonds. The Kier molecular flexibility index (Phi) is 4.16. The molecule has 7 unspecified atom stereocenters. The average Bonchev–Trinajstić information content (AvgIpc) is 2.77. The van der Waals surface area contributed by atoms with Crippen LogP contribution in [0.25, 0.3) is 0 Å². The summed E-state index contributed by atoms with van der Waals surface area (Å²) >= 11 is 0. The smallest absolute Gasteiger partial charge is 0.220 e. The van der Waals surface area contributed by atoms with Crippen LogP contribution in [0.3, 0.4) is 0 Å². The molecule has 25 heavy (non-hydrogen) atoms. The first kappa shape index (κ1) is 17.4. The molecule has 2 N–H and O–H groups in total. The van der Waals surface area contributed by atoms with Gasteiger partial charge in [-0.3, -0.25) is 9.59 Å². The number of nitrogens with one attached hydrogen (secondary N) is 2. The lowest BCUT2D eigenvalue weighted by molar-refractivity contribution is -0.126. The van der Waals surface area contributed by atoms with Gasteiger partial charge in [0.05, 0.1) is 0 Å². The van der Waals surface area contributed by atoms with E-state index in [0.717, 1.165) is 43.6 Å². The molecule has 0 aromatic carbocycles. The molecule has 4 rings (SSSR count). The van der Waals surface area contributed by atoms with Gasteiger partial charge in [-0.2, -0.15) is 0 Å². The molecule has 0 aromatic heterocycles. The molecule has 7 atom stereocenters. The van der Waals surface area contributed by atoms with Gasteiger partial charge in [-0.25, -0.2) is 0 Å². The summed E-state index contributed by atoms with van der Waals surface area (Å²) in [6, 6.07) is 0.360. The van der Waals surface area contributed by atoms with Crippen molar-refractivity contribution in [3.8, 4) is 0 Å². The Balaban J connectivity index is 1.59. The largest absolute Gasteiger partial charge is 0.356 e. The summed E-state index contributed by atoms with van der Waals surface area (Å²) in [5, 5.41) is 6.38. The molecule has 3 aliphatic carbocycles. The lowest BCUT2D eigenvalue weighted by Crippen LogP contribution is -2.54. The van der Waals surface area contributed by atoms with Crippen molar-refractivity contribution in [2.75, 3.05) is 6.54 Å². The van der Waals surface area contributed by atoms with Gasteiger partial charge in [-0.1, -0.05) is 13.8 Å². The van der Waals surface area contributed by atoms with Crippen LogP contribution in [0.15, 0.2) is 0 Å². The number of fused-ring (bicyclic) bond motifs is 5. The van der Waals surface area contributed by atoms with E-state index in [1.807, 2.05) is 0 Å². The monoisotopic (exact) mass is 346 g/mol. The van der Waals surface area contributed by atoms with Crippen LogP contribution < -0.4 is 10.6 Å². The SMILES string of the molecule is CC(=O)NC1CCC2C3CCC4CC(=O)NCCC4(C)C3CCC12C. The maximum atomic E-state index is 12.1. The fraction of sp³-hybridized carbons (Fsp3) is 0.905. The van der Waals surface area contributed by atoms with Crippen molar-refractivity contribution >= 4 is 11.8 Å². The minimum Gasteiger partial charge on any atom is -0.356 e. The summed E-state index contributed by atoms with van der Waals surface area (Å²) in [7, 11) is 0. The van der Waals surface area contributed by atoms with E-state index in [1.54, 1.807) is 6.92 Å². The van der Waals surface area contributed by atoms with Crippen LogP contribution in [0.2, 0.25) is 0 Å². The van der Waals surface area contributed by atoms with Crippen molar-refractivity contribution < 1.29 is 9.59 Å². The van der Waals surface area contributed by atoms with Crippen molar-refractivity contribution in [1.29, 1.82) is 0 Å². The standard InChI is InChI=1S/C21H34N2O2/c1-13(24)23-18-7-6-16-15-5-4-14-12-19(25)22-11-10-20(14,2)17(15)8-9-21(16,18)3/h14-18H,4-12H2,1-3H3,(H,22,25)(H,23,24). The molecule has 4 fully saturated rings. The fourth-order valence-corrected chi connectivity index (χ4v) is 7.51. The molecule has 4 heteroatoms. The highest BCUT2D eigenvalue weighted by molar-refractivity contribution is 5.76. The van der Waals surface area contributed by atoms with Gasteiger partial charge < -0.3 is 10.6 Å². The lowest BCUT2D eigenvalue weighted by Gasteiger charge is -2.58. The highest BCUT2D eigenvalue weighted by Gasteiger charge is 2.59. The molecule has 4 nitrogen and oxygen atoms in total. The second kappa shape index (κ2) is 5.99. The molecule has 0 bridgehead atoms.